The summed E-state index contributed by atoms with van der Waals surface area (Å²) in [6.45, 7) is 9.02. The number of rotatable bonds is 11. The number of nitrogens with zero attached hydrogens (tertiary/aromatic N) is 3. The van der Waals surface area contributed by atoms with Crippen LogP contribution in [0.4, 0.5) is 11.4 Å². The molecule has 0 bridgehead atoms. The molecular weight excluding hydrogens is 642 g/mol. The van der Waals surface area contributed by atoms with E-state index in [-0.39, 0.29) is 0 Å². The van der Waals surface area contributed by atoms with E-state index in [0.717, 1.165) is 31.4 Å². The van der Waals surface area contributed by atoms with E-state index in [2.05, 4.69) is 158 Å². The van der Waals surface area contributed by atoms with Crippen LogP contribution in [0.25, 0.3) is 0 Å². The first kappa shape index (κ1) is 32.2. The zero-order chi connectivity index (χ0) is 31.9. The predicted octanol–water partition coefficient (Wildman–Crippen LogP) is 9.11. The molecule has 46 heavy (non-hydrogen) atoms. The Morgan fingerprint density at radius 1 is 0.609 bits per heavy atom. The second-order valence-electron chi connectivity index (χ2n) is 12.7. The third kappa shape index (κ3) is 7.43. The Balaban J connectivity index is 1.60. The van der Waals surface area contributed by atoms with Crippen molar-refractivity contribution in [1.29, 1.82) is 0 Å². The van der Waals surface area contributed by atoms with E-state index < -0.39 is 20.6 Å². The average molecular weight is 687 g/mol. The van der Waals surface area contributed by atoms with Crippen molar-refractivity contribution >= 4 is 17.3 Å². The van der Waals surface area contributed by atoms with Crippen LogP contribution in [0.3, 0.4) is 0 Å². The fourth-order valence-corrected chi connectivity index (χ4v) is 17.7. The van der Waals surface area contributed by atoms with E-state index in [9.17, 15) is 0 Å². The van der Waals surface area contributed by atoms with Crippen molar-refractivity contribution in [3.8, 4) is 0 Å². The van der Waals surface area contributed by atoms with Crippen molar-refractivity contribution in [3.05, 3.63) is 166 Å². The van der Waals surface area contributed by atoms with Crippen molar-refractivity contribution in [2.75, 3.05) is 30.0 Å². The molecule has 0 spiro atoms. The predicted molar refractivity (Wildman–Crippen MR) is 190 cm³/mol. The van der Waals surface area contributed by atoms with Crippen molar-refractivity contribution in [1.82, 2.24) is 0 Å². The van der Waals surface area contributed by atoms with Crippen molar-refractivity contribution in [2.45, 2.75) is 39.8 Å². The summed E-state index contributed by atoms with van der Waals surface area (Å²) in [7, 11) is 1.78. The van der Waals surface area contributed by atoms with E-state index in [0.29, 0.717) is 6.61 Å². The Labute approximate surface area is 280 Å². The van der Waals surface area contributed by atoms with Crippen LogP contribution in [0, 0.1) is 20.8 Å². The number of hydrogen-bond donors (Lipinski definition) is 0. The molecule has 1 heterocycles. The monoisotopic (exact) mass is 685 g/mol. The molecule has 5 heteroatoms. The van der Waals surface area contributed by atoms with E-state index in [1.54, 1.807) is 7.11 Å². The molecule has 0 aliphatic carbocycles. The van der Waals surface area contributed by atoms with Gasteiger partial charge < -0.3 is 0 Å². The van der Waals surface area contributed by atoms with Crippen LogP contribution in [-0.2, 0) is 44.3 Å². The van der Waals surface area contributed by atoms with Crippen LogP contribution >= 0.6 is 0 Å². The number of guanidine groups is 1. The van der Waals surface area contributed by atoms with Crippen LogP contribution in [-0.4, -0.2) is 26.2 Å². The van der Waals surface area contributed by atoms with Gasteiger partial charge in [0.05, 0.1) is 0 Å². The zero-order valence-corrected chi connectivity index (χ0v) is 30.1. The van der Waals surface area contributed by atoms with E-state index in [1.807, 2.05) is 0 Å². The van der Waals surface area contributed by atoms with Gasteiger partial charge in [-0.2, -0.15) is 0 Å². The third-order valence-corrected chi connectivity index (χ3v) is 18.5. The molecular formula is C41H45N3OZr. The molecule has 5 aromatic rings. The van der Waals surface area contributed by atoms with Gasteiger partial charge in [-0.25, -0.2) is 0 Å². The fourth-order valence-electron chi connectivity index (χ4n) is 7.20. The summed E-state index contributed by atoms with van der Waals surface area (Å²) in [6, 6.07) is 46.6. The summed E-state index contributed by atoms with van der Waals surface area (Å²) in [6.07, 6.45) is 0. The molecule has 1 fully saturated rings. The van der Waals surface area contributed by atoms with Crippen LogP contribution in [0.15, 0.2) is 130 Å². The van der Waals surface area contributed by atoms with Crippen LogP contribution in [0.5, 0.6) is 0 Å². The van der Waals surface area contributed by atoms with Gasteiger partial charge in [-0.05, 0) is 0 Å². The Morgan fingerprint density at radius 3 is 1.57 bits per heavy atom. The number of anilines is 2. The first-order chi connectivity index (χ1) is 22.4. The summed E-state index contributed by atoms with van der Waals surface area (Å²) < 4.78 is 15.0. The second kappa shape index (κ2) is 14.8. The number of para-hydroxylation sites is 1. The topological polar surface area (TPSA) is 28.1 Å². The molecule has 0 radical (unpaired) electrons. The van der Waals surface area contributed by atoms with Crippen LogP contribution in [0.2, 0.25) is 0 Å². The SMILES string of the molecule is COCc1ccccc1N1CCN(c2c(C)cc(C)cc2C)/C1=[N]\[Zr]([CH2]c1ccccc1)([CH2]c1ccccc1)[CH2]c1ccccc1. The summed E-state index contributed by atoms with van der Waals surface area (Å²) in [4.78, 5) is 5.01. The molecule has 5 aromatic carbocycles. The molecule has 0 amide bonds. The van der Waals surface area contributed by atoms with Gasteiger partial charge in [-0.15, -0.1) is 0 Å². The number of ether oxygens (including phenoxy) is 1. The van der Waals surface area contributed by atoms with Crippen LogP contribution < -0.4 is 9.80 Å². The molecule has 0 saturated carbocycles. The van der Waals surface area contributed by atoms with Crippen molar-refractivity contribution in [3.63, 3.8) is 0 Å². The number of hydrogen-bond acceptors (Lipinski definition) is 2. The molecule has 1 aliphatic rings. The normalized spacial score (nSPS) is 14.3. The summed E-state index contributed by atoms with van der Waals surface area (Å²) >= 11 is -3.61. The van der Waals surface area contributed by atoms with Crippen molar-refractivity contribution in [2.24, 2.45) is 2.94 Å². The number of aryl methyl sites for hydroxylation is 3. The minimum atomic E-state index is -3.61. The summed E-state index contributed by atoms with van der Waals surface area (Å²) in [5.74, 6) is 1.09. The quantitative estimate of drug-likeness (QED) is 0.139. The van der Waals surface area contributed by atoms with Gasteiger partial charge in [0, 0.05) is 0 Å². The molecule has 1 saturated heterocycles. The molecule has 0 aromatic heterocycles. The molecule has 1 aliphatic heterocycles. The van der Waals surface area contributed by atoms with Gasteiger partial charge in [-0.1, -0.05) is 0 Å². The van der Waals surface area contributed by atoms with Gasteiger partial charge in [-0.3, -0.25) is 0 Å². The molecule has 234 valence electrons. The maximum absolute atomic E-state index is 6.25. The molecule has 4 nitrogen and oxygen atoms in total. The molecule has 0 N–H and O–H groups in total. The van der Waals surface area contributed by atoms with Gasteiger partial charge in [0.25, 0.3) is 0 Å². The first-order valence-corrected chi connectivity index (χ1v) is 22.7. The van der Waals surface area contributed by atoms with E-state index in [4.69, 9.17) is 7.67 Å². The Bertz CT molecular complexity index is 1650. The summed E-state index contributed by atoms with van der Waals surface area (Å²) in [5.41, 5.74) is 11.7. The Hall–Kier alpha value is -3.79. The molecule has 0 atom stereocenters. The first-order valence-electron chi connectivity index (χ1n) is 16.4. The number of methoxy groups -OCH3 is 1. The van der Waals surface area contributed by atoms with Gasteiger partial charge >= 0.3 is 282 Å². The molecule has 6 rings (SSSR count). The molecule has 0 unspecified atom stereocenters. The second-order valence-corrected chi connectivity index (χ2v) is 21.9. The fraction of sp³-hybridized carbons (Fsp3) is 0.244. The maximum atomic E-state index is 6.25. The van der Waals surface area contributed by atoms with Gasteiger partial charge in [0.2, 0.25) is 0 Å². The Kier molecular flexibility index (Phi) is 10.3. The number of benzene rings is 5. The van der Waals surface area contributed by atoms with E-state index >= 15 is 0 Å². The zero-order valence-electron chi connectivity index (χ0n) is 27.6. The van der Waals surface area contributed by atoms with Gasteiger partial charge in [0.1, 0.15) is 0 Å². The van der Waals surface area contributed by atoms with Crippen molar-refractivity contribution < 1.29 is 25.3 Å². The van der Waals surface area contributed by atoms with E-state index in [1.165, 1.54) is 50.3 Å². The van der Waals surface area contributed by atoms with Gasteiger partial charge in [0.15, 0.2) is 0 Å². The minimum absolute atomic E-state index is 0.564. The third-order valence-electron chi connectivity index (χ3n) is 8.98. The summed E-state index contributed by atoms with van der Waals surface area (Å²) in [5, 5.41) is 0. The standard InChI is InChI=1S/C20H24N3O.3C7H7.Zr/c1-14-11-15(2)19(16(3)12-14)23-10-9-22(20(23)21)18-8-6-5-7-17(18)13-24-4;3*1-7-5-3-2-4-6-7;/h5-8,11-12H,9-10,13H2,1-4H3;3*2-6H,1H2;/q-1;;;;+1. The van der Waals surface area contributed by atoms with Crippen LogP contribution in [0.1, 0.15) is 38.9 Å². The average Bonchev–Trinajstić information content (AvgIpc) is 3.44. The Morgan fingerprint density at radius 2 is 1.07 bits per heavy atom.